The Balaban J connectivity index is 2.07. The largest absolute Gasteiger partial charge is 0.388 e. The van der Waals surface area contributed by atoms with Crippen LogP contribution in [0.1, 0.15) is 26.7 Å². The number of nitrogens with zero attached hydrogens (tertiary/aromatic N) is 1. The number of anilines is 1. The first-order chi connectivity index (χ1) is 8.88. The molecule has 0 saturated carbocycles. The van der Waals surface area contributed by atoms with Gasteiger partial charge in [-0.3, -0.25) is 0 Å². The normalized spacial score (nSPS) is 19.6. The molecule has 1 aliphatic heterocycles. The second-order valence-corrected chi connectivity index (χ2v) is 5.88. The molecule has 1 aliphatic rings. The number of hydrogen-bond donors (Lipinski definition) is 2. The molecule has 4 nitrogen and oxygen atoms in total. The van der Waals surface area contributed by atoms with Crippen molar-refractivity contribution >= 4 is 23.3 Å². The minimum atomic E-state index is -0.887. The maximum absolute atomic E-state index is 12.2. The van der Waals surface area contributed by atoms with Crippen molar-refractivity contribution in [1.29, 1.82) is 0 Å². The minimum Gasteiger partial charge on any atom is -0.388 e. The highest BCUT2D eigenvalue weighted by Gasteiger charge is 2.38. The Labute approximate surface area is 118 Å². The lowest BCUT2D eigenvalue weighted by Crippen LogP contribution is -2.49. The molecule has 1 aromatic carbocycles. The molecule has 0 bridgehead atoms. The summed E-state index contributed by atoms with van der Waals surface area (Å²) in [4.78, 5) is 13.9. The first-order valence-corrected chi connectivity index (χ1v) is 6.81. The van der Waals surface area contributed by atoms with Gasteiger partial charge in [-0.15, -0.1) is 0 Å². The minimum absolute atomic E-state index is 0.147. The molecule has 0 aliphatic carbocycles. The summed E-state index contributed by atoms with van der Waals surface area (Å²) in [6, 6.07) is 6.70. The first-order valence-electron chi connectivity index (χ1n) is 6.43. The summed E-state index contributed by atoms with van der Waals surface area (Å²) in [6.45, 7) is 4.15. The zero-order chi connectivity index (χ0) is 14.0. The lowest BCUT2D eigenvalue weighted by molar-refractivity contribution is 0.0117. The van der Waals surface area contributed by atoms with Crippen molar-refractivity contribution in [3.05, 3.63) is 29.3 Å². The number of halogens is 1. The molecule has 0 spiro atoms. The molecule has 19 heavy (non-hydrogen) atoms. The fourth-order valence-electron chi connectivity index (χ4n) is 2.51. The third-order valence-electron chi connectivity index (χ3n) is 3.41. The monoisotopic (exact) mass is 282 g/mol. The lowest BCUT2D eigenvalue weighted by Gasteiger charge is -2.33. The third kappa shape index (κ3) is 3.39. The van der Waals surface area contributed by atoms with Crippen LogP contribution in [0.15, 0.2) is 24.3 Å². The zero-order valence-corrected chi connectivity index (χ0v) is 11.9. The van der Waals surface area contributed by atoms with E-state index in [2.05, 4.69) is 5.32 Å². The van der Waals surface area contributed by atoms with Gasteiger partial charge in [-0.25, -0.2) is 4.79 Å². The van der Waals surface area contributed by atoms with Gasteiger partial charge in [0.15, 0.2) is 0 Å². The number of carbonyl (C=O) groups excluding carboxylic acids is 1. The van der Waals surface area contributed by atoms with Crippen LogP contribution in [0.5, 0.6) is 0 Å². The molecule has 2 amide bonds. The summed E-state index contributed by atoms with van der Waals surface area (Å²) in [5.41, 5.74) is -0.221. The molecule has 1 atom stereocenters. The fourth-order valence-corrected chi connectivity index (χ4v) is 2.70. The van der Waals surface area contributed by atoms with Crippen LogP contribution in [-0.2, 0) is 0 Å². The van der Waals surface area contributed by atoms with Crippen molar-refractivity contribution in [3.8, 4) is 0 Å². The maximum atomic E-state index is 12.2. The van der Waals surface area contributed by atoms with Gasteiger partial charge in [0.1, 0.15) is 0 Å². The van der Waals surface area contributed by atoms with Crippen LogP contribution >= 0.6 is 11.6 Å². The van der Waals surface area contributed by atoms with E-state index in [0.717, 1.165) is 12.8 Å². The van der Waals surface area contributed by atoms with Crippen LogP contribution in [0.25, 0.3) is 0 Å². The van der Waals surface area contributed by atoms with Gasteiger partial charge in [0.2, 0.25) is 0 Å². The van der Waals surface area contributed by atoms with E-state index in [1.54, 1.807) is 43.0 Å². The topological polar surface area (TPSA) is 52.6 Å². The summed E-state index contributed by atoms with van der Waals surface area (Å²) in [6.07, 6.45) is 1.74. The Morgan fingerprint density at radius 1 is 1.53 bits per heavy atom. The molecular formula is C14H19ClN2O2. The average Bonchev–Trinajstić information content (AvgIpc) is 2.77. The molecular weight excluding hydrogens is 264 g/mol. The van der Waals surface area contributed by atoms with Gasteiger partial charge in [0.25, 0.3) is 0 Å². The van der Waals surface area contributed by atoms with Crippen LogP contribution in [-0.4, -0.2) is 34.2 Å². The summed E-state index contributed by atoms with van der Waals surface area (Å²) in [5.74, 6) is 0. The molecule has 2 rings (SSSR count). The molecule has 0 aromatic heterocycles. The fraction of sp³-hybridized carbons (Fsp3) is 0.500. The number of carbonyl (C=O) groups is 1. The van der Waals surface area contributed by atoms with Gasteiger partial charge < -0.3 is 15.3 Å². The van der Waals surface area contributed by atoms with Crippen LogP contribution in [0, 0.1) is 0 Å². The van der Waals surface area contributed by atoms with Crippen LogP contribution in [0.4, 0.5) is 10.5 Å². The Morgan fingerprint density at radius 3 is 2.89 bits per heavy atom. The van der Waals surface area contributed by atoms with Crippen LogP contribution in [0.3, 0.4) is 0 Å². The second kappa shape index (κ2) is 5.39. The molecule has 0 radical (unpaired) electrons. The molecule has 1 heterocycles. The van der Waals surface area contributed by atoms with E-state index in [0.29, 0.717) is 17.3 Å². The molecule has 1 aromatic rings. The van der Waals surface area contributed by atoms with Gasteiger partial charge in [0, 0.05) is 17.3 Å². The average molecular weight is 283 g/mol. The zero-order valence-electron chi connectivity index (χ0n) is 11.2. The first kappa shape index (κ1) is 14.2. The summed E-state index contributed by atoms with van der Waals surface area (Å²) in [5, 5.41) is 13.5. The van der Waals surface area contributed by atoms with E-state index >= 15 is 0 Å². The van der Waals surface area contributed by atoms with E-state index in [-0.39, 0.29) is 12.1 Å². The number of aliphatic hydroxyl groups is 1. The lowest BCUT2D eigenvalue weighted by atomic mass is 9.97. The number of benzene rings is 1. The number of likely N-dealkylation sites (tertiary alicyclic amines) is 1. The smallest absolute Gasteiger partial charge is 0.322 e. The van der Waals surface area contributed by atoms with Crippen LogP contribution in [0.2, 0.25) is 5.02 Å². The second-order valence-electron chi connectivity index (χ2n) is 5.45. The van der Waals surface area contributed by atoms with Crippen LogP contribution < -0.4 is 5.32 Å². The Bertz CT molecular complexity index is 471. The maximum Gasteiger partial charge on any atom is 0.322 e. The van der Waals surface area contributed by atoms with E-state index in [1.165, 1.54) is 0 Å². The number of rotatable bonds is 2. The highest BCUT2D eigenvalue weighted by atomic mass is 35.5. The highest BCUT2D eigenvalue weighted by molar-refractivity contribution is 6.30. The van der Waals surface area contributed by atoms with E-state index in [1.807, 2.05) is 0 Å². The predicted molar refractivity (Wildman–Crippen MR) is 76.5 cm³/mol. The Kier molecular flexibility index (Phi) is 4.02. The van der Waals surface area contributed by atoms with Gasteiger partial charge in [-0.2, -0.15) is 0 Å². The molecule has 2 N–H and O–H groups in total. The molecule has 1 unspecified atom stereocenters. The van der Waals surface area contributed by atoms with Gasteiger partial charge in [0.05, 0.1) is 11.6 Å². The molecule has 1 fully saturated rings. The quantitative estimate of drug-likeness (QED) is 0.876. The third-order valence-corrected chi connectivity index (χ3v) is 3.64. The van der Waals surface area contributed by atoms with Gasteiger partial charge >= 0.3 is 6.03 Å². The predicted octanol–water partition coefficient (Wildman–Crippen LogP) is 3.11. The van der Waals surface area contributed by atoms with E-state index in [9.17, 15) is 9.90 Å². The van der Waals surface area contributed by atoms with Gasteiger partial charge in [-0.1, -0.05) is 17.7 Å². The highest BCUT2D eigenvalue weighted by Crippen LogP contribution is 2.27. The number of urea groups is 1. The van der Waals surface area contributed by atoms with Crippen molar-refractivity contribution in [2.24, 2.45) is 0 Å². The SMILES string of the molecule is CC(C)(O)C1CCCN1C(=O)Nc1cccc(Cl)c1. The molecule has 104 valence electrons. The standard InChI is InChI=1S/C14H19ClN2O2/c1-14(2,19)12-7-4-8-17(12)13(18)16-11-6-3-5-10(15)9-11/h3,5-6,9,12,19H,4,7-8H2,1-2H3,(H,16,18). The number of amides is 2. The summed E-state index contributed by atoms with van der Waals surface area (Å²) < 4.78 is 0. The molecule has 1 saturated heterocycles. The van der Waals surface area contributed by atoms with Crippen molar-refractivity contribution in [2.45, 2.75) is 38.3 Å². The summed E-state index contributed by atoms with van der Waals surface area (Å²) >= 11 is 5.88. The number of hydrogen-bond acceptors (Lipinski definition) is 2. The van der Waals surface area contributed by atoms with Crippen molar-refractivity contribution in [1.82, 2.24) is 4.90 Å². The Hall–Kier alpha value is -1.26. The van der Waals surface area contributed by atoms with Crippen molar-refractivity contribution < 1.29 is 9.90 Å². The van der Waals surface area contributed by atoms with Gasteiger partial charge in [-0.05, 0) is 44.9 Å². The number of nitrogens with one attached hydrogen (secondary N) is 1. The van der Waals surface area contributed by atoms with E-state index < -0.39 is 5.60 Å². The van der Waals surface area contributed by atoms with Crippen molar-refractivity contribution in [3.63, 3.8) is 0 Å². The molecule has 5 heteroatoms. The summed E-state index contributed by atoms with van der Waals surface area (Å²) in [7, 11) is 0. The van der Waals surface area contributed by atoms with E-state index in [4.69, 9.17) is 11.6 Å². The van der Waals surface area contributed by atoms with Crippen molar-refractivity contribution in [2.75, 3.05) is 11.9 Å². The Morgan fingerprint density at radius 2 is 2.26 bits per heavy atom.